The minimum absolute atomic E-state index is 0.00706. The van der Waals surface area contributed by atoms with Gasteiger partial charge in [-0.1, -0.05) is 20.8 Å². The molecule has 2 heterocycles. The highest BCUT2D eigenvalue weighted by molar-refractivity contribution is 6.74. The molecule has 4 fully saturated rings. The van der Waals surface area contributed by atoms with Crippen molar-refractivity contribution in [3.8, 4) is 0 Å². The topological polar surface area (TPSA) is 93.5 Å². The average Bonchev–Trinajstić information content (AvgIpc) is 2.81. The Bertz CT molecular complexity index is 853. The van der Waals surface area contributed by atoms with Gasteiger partial charge in [0.1, 0.15) is 12.3 Å². The highest BCUT2D eigenvalue weighted by Gasteiger charge is 2.68. The highest BCUT2D eigenvalue weighted by atomic mass is 28.4. The lowest BCUT2D eigenvalue weighted by molar-refractivity contribution is -0.190. The second kappa shape index (κ2) is 6.39. The molecule has 0 radical (unpaired) electrons. The highest BCUT2D eigenvalue weighted by Crippen LogP contribution is 2.72. The van der Waals surface area contributed by atoms with Crippen molar-refractivity contribution in [1.82, 2.24) is 9.55 Å². The third-order valence-corrected chi connectivity index (χ3v) is 12.2. The SMILES string of the molecule is CC(C)(C)[Si](C)(C)OC1C(CO)OC(n2ccc(=O)[nH]c2=O)C1C12CC(C1)C2. The Morgan fingerprint density at radius 3 is 2.43 bits per heavy atom. The van der Waals surface area contributed by atoms with Crippen LogP contribution in [0.4, 0.5) is 0 Å². The van der Waals surface area contributed by atoms with Gasteiger partial charge in [0.25, 0.3) is 5.56 Å². The summed E-state index contributed by atoms with van der Waals surface area (Å²) < 4.78 is 14.5. The number of aromatic amines is 1. The van der Waals surface area contributed by atoms with Gasteiger partial charge in [0, 0.05) is 18.2 Å². The molecule has 0 aromatic carbocycles. The molecule has 1 saturated heterocycles. The van der Waals surface area contributed by atoms with Gasteiger partial charge >= 0.3 is 5.69 Å². The molecule has 8 heteroatoms. The number of nitrogens with one attached hydrogen (secondary N) is 1. The summed E-state index contributed by atoms with van der Waals surface area (Å²) in [5.41, 5.74) is -0.783. The lowest BCUT2D eigenvalue weighted by Gasteiger charge is -2.66. The number of aliphatic hydroxyl groups excluding tert-OH is 1. The molecule has 4 atom stereocenters. The minimum Gasteiger partial charge on any atom is -0.411 e. The summed E-state index contributed by atoms with van der Waals surface area (Å²) in [7, 11) is -2.11. The van der Waals surface area contributed by atoms with Gasteiger partial charge in [-0.2, -0.15) is 0 Å². The molecule has 5 rings (SSSR count). The summed E-state index contributed by atoms with van der Waals surface area (Å²) in [5, 5.41) is 10.1. The zero-order valence-corrected chi connectivity index (χ0v) is 18.4. The predicted molar refractivity (Wildman–Crippen MR) is 108 cm³/mol. The lowest BCUT2D eigenvalue weighted by atomic mass is 9.39. The van der Waals surface area contributed by atoms with E-state index in [9.17, 15) is 14.7 Å². The molecule has 4 aliphatic rings. The first-order chi connectivity index (χ1) is 13.0. The zero-order chi connectivity index (χ0) is 20.5. The van der Waals surface area contributed by atoms with Gasteiger partial charge in [-0.25, -0.2) is 4.79 Å². The third kappa shape index (κ3) is 2.96. The maximum Gasteiger partial charge on any atom is 0.330 e. The number of aliphatic hydroxyl groups is 1. The van der Waals surface area contributed by atoms with Gasteiger partial charge in [-0.05, 0) is 48.7 Å². The van der Waals surface area contributed by atoms with Crippen molar-refractivity contribution in [2.75, 3.05) is 6.61 Å². The van der Waals surface area contributed by atoms with Crippen LogP contribution in [0.15, 0.2) is 21.9 Å². The Labute approximate surface area is 166 Å². The van der Waals surface area contributed by atoms with E-state index in [2.05, 4.69) is 38.8 Å². The molecule has 3 saturated carbocycles. The van der Waals surface area contributed by atoms with Gasteiger partial charge in [0.15, 0.2) is 8.32 Å². The number of ether oxygens (including phenoxy) is 1. The molecule has 156 valence electrons. The number of rotatable bonds is 5. The summed E-state index contributed by atoms with van der Waals surface area (Å²) in [6.45, 7) is 10.9. The van der Waals surface area contributed by atoms with Crippen LogP contribution < -0.4 is 11.2 Å². The quantitative estimate of drug-likeness (QED) is 0.729. The summed E-state index contributed by atoms with van der Waals surface area (Å²) in [6, 6.07) is 1.35. The summed E-state index contributed by atoms with van der Waals surface area (Å²) in [6.07, 6.45) is 3.64. The van der Waals surface area contributed by atoms with Gasteiger partial charge in [-0.3, -0.25) is 14.3 Å². The minimum atomic E-state index is -2.11. The van der Waals surface area contributed by atoms with E-state index in [-0.39, 0.29) is 29.1 Å². The summed E-state index contributed by atoms with van der Waals surface area (Å²) in [5.74, 6) is 0.766. The van der Waals surface area contributed by atoms with Gasteiger partial charge in [0.05, 0.1) is 12.7 Å². The van der Waals surface area contributed by atoms with E-state index in [1.165, 1.54) is 16.8 Å². The molecule has 1 aromatic rings. The fraction of sp³-hybridized carbons (Fsp3) is 0.800. The van der Waals surface area contributed by atoms with Crippen LogP contribution in [0.2, 0.25) is 18.1 Å². The molecule has 3 aliphatic carbocycles. The van der Waals surface area contributed by atoms with Crippen molar-refractivity contribution < 1.29 is 14.3 Å². The van der Waals surface area contributed by atoms with Gasteiger partial charge in [0.2, 0.25) is 0 Å². The summed E-state index contributed by atoms with van der Waals surface area (Å²) in [4.78, 5) is 26.4. The number of nitrogens with zero attached hydrogens (tertiary/aromatic N) is 1. The fourth-order valence-electron chi connectivity index (χ4n) is 5.02. The van der Waals surface area contributed by atoms with Crippen LogP contribution >= 0.6 is 0 Å². The fourth-order valence-corrected chi connectivity index (χ4v) is 6.35. The lowest BCUT2D eigenvalue weighted by Crippen LogP contribution is -2.62. The van der Waals surface area contributed by atoms with E-state index >= 15 is 0 Å². The van der Waals surface area contributed by atoms with E-state index < -0.39 is 31.9 Å². The van der Waals surface area contributed by atoms with Crippen molar-refractivity contribution in [3.05, 3.63) is 33.1 Å². The molecule has 7 nitrogen and oxygen atoms in total. The Morgan fingerprint density at radius 1 is 1.32 bits per heavy atom. The van der Waals surface area contributed by atoms with E-state index in [1.54, 1.807) is 0 Å². The van der Waals surface area contributed by atoms with E-state index in [0.29, 0.717) is 0 Å². The molecule has 2 N–H and O–H groups in total. The van der Waals surface area contributed by atoms with E-state index in [4.69, 9.17) is 9.16 Å². The molecule has 1 aliphatic heterocycles. The number of hydrogen-bond acceptors (Lipinski definition) is 5. The molecule has 28 heavy (non-hydrogen) atoms. The molecule has 1 aromatic heterocycles. The molecule has 0 amide bonds. The second-order valence-electron chi connectivity index (χ2n) is 10.5. The molecular formula is C20H32N2O5Si. The van der Waals surface area contributed by atoms with Gasteiger partial charge < -0.3 is 14.3 Å². The maximum absolute atomic E-state index is 12.5. The van der Waals surface area contributed by atoms with E-state index in [1.807, 2.05) is 0 Å². The van der Waals surface area contributed by atoms with Crippen LogP contribution in [0.5, 0.6) is 0 Å². The van der Waals surface area contributed by atoms with Crippen molar-refractivity contribution >= 4 is 8.32 Å². The normalized spacial score (nSPS) is 37.4. The Morgan fingerprint density at radius 2 is 1.96 bits per heavy atom. The Kier molecular flexibility index (Phi) is 4.58. The standard InChI is InChI=1S/C20H32N2O5Si/c1-19(2,3)28(4,5)27-16-13(11-23)26-17(15(16)20-8-12(9-20)10-20)22-7-6-14(24)21-18(22)25/h6-7,12-13,15-17,23H,8-11H2,1-5H3,(H,21,24,25). The first kappa shape index (κ1) is 20.1. The molecule has 0 spiro atoms. The zero-order valence-electron chi connectivity index (χ0n) is 17.4. The van der Waals surface area contributed by atoms with Crippen molar-refractivity contribution in [2.45, 2.75) is 76.6 Å². The van der Waals surface area contributed by atoms with Crippen molar-refractivity contribution in [3.63, 3.8) is 0 Å². The first-order valence-electron chi connectivity index (χ1n) is 10.2. The van der Waals surface area contributed by atoms with Gasteiger partial charge in [-0.15, -0.1) is 0 Å². The average molecular weight is 409 g/mol. The van der Waals surface area contributed by atoms with E-state index in [0.717, 1.165) is 25.2 Å². The maximum atomic E-state index is 12.5. The molecule has 2 bridgehead atoms. The van der Waals surface area contributed by atoms with Crippen LogP contribution in [0.1, 0.15) is 46.3 Å². The summed E-state index contributed by atoms with van der Waals surface area (Å²) >= 11 is 0. The first-order valence-corrected chi connectivity index (χ1v) is 13.1. The third-order valence-electron chi connectivity index (χ3n) is 7.68. The predicted octanol–water partition coefficient (Wildman–Crippen LogP) is 2.23. The second-order valence-corrected chi connectivity index (χ2v) is 15.2. The monoisotopic (exact) mass is 408 g/mol. The Hall–Kier alpha value is -1.22. The van der Waals surface area contributed by atoms with Crippen molar-refractivity contribution in [1.29, 1.82) is 0 Å². The van der Waals surface area contributed by atoms with Crippen LogP contribution in [0, 0.1) is 17.3 Å². The Balaban J connectivity index is 1.74. The largest absolute Gasteiger partial charge is 0.411 e. The number of H-pyrrole nitrogens is 1. The number of aromatic nitrogens is 2. The smallest absolute Gasteiger partial charge is 0.330 e. The van der Waals surface area contributed by atoms with Crippen molar-refractivity contribution in [2.24, 2.45) is 17.3 Å². The van der Waals surface area contributed by atoms with Crippen LogP contribution in [0.3, 0.4) is 0 Å². The van der Waals surface area contributed by atoms with Crippen LogP contribution in [-0.4, -0.2) is 41.8 Å². The molecular weight excluding hydrogens is 376 g/mol. The number of hydrogen-bond donors (Lipinski definition) is 2. The molecule has 4 unspecified atom stereocenters. The van der Waals surface area contributed by atoms with Crippen LogP contribution in [0.25, 0.3) is 0 Å². The van der Waals surface area contributed by atoms with Crippen LogP contribution in [-0.2, 0) is 9.16 Å².